The largest absolute Gasteiger partial charge is 0.339 e. The van der Waals surface area contributed by atoms with E-state index >= 15 is 0 Å². The number of carbonyl (C=O) groups is 1. The molecule has 6 heteroatoms. The van der Waals surface area contributed by atoms with Crippen molar-refractivity contribution in [3.8, 4) is 22.5 Å². The van der Waals surface area contributed by atoms with E-state index in [-0.39, 0.29) is 5.91 Å². The van der Waals surface area contributed by atoms with Gasteiger partial charge in [-0.3, -0.25) is 9.69 Å². The van der Waals surface area contributed by atoms with Gasteiger partial charge in [0.25, 0.3) is 0 Å². The molecule has 0 aliphatic carbocycles. The van der Waals surface area contributed by atoms with E-state index in [1.54, 1.807) is 6.92 Å². The Morgan fingerprint density at radius 3 is 2.30 bits per heavy atom. The number of rotatable bonds is 6. The molecule has 0 N–H and O–H groups in total. The molecule has 0 atom stereocenters. The van der Waals surface area contributed by atoms with Crippen molar-refractivity contribution in [2.45, 2.75) is 20.0 Å². The highest BCUT2D eigenvalue weighted by Crippen LogP contribution is 2.21. The summed E-state index contributed by atoms with van der Waals surface area (Å²) < 4.78 is 5.08. The Balaban J connectivity index is 1.18. The number of aromatic nitrogens is 2. The molecule has 0 radical (unpaired) electrons. The van der Waals surface area contributed by atoms with Gasteiger partial charge in [-0.1, -0.05) is 78.0 Å². The lowest BCUT2D eigenvalue weighted by molar-refractivity contribution is -0.136. The number of carbonyl (C=O) groups excluding carboxylic acids is 1. The average Bonchev–Trinajstić information content (AvgIpc) is 3.28. The molecule has 6 nitrogen and oxygen atoms in total. The quantitative estimate of drug-likeness (QED) is 0.442. The minimum absolute atomic E-state index is 0.156. The molecule has 2 heterocycles. The van der Waals surface area contributed by atoms with E-state index in [9.17, 15) is 4.79 Å². The van der Waals surface area contributed by atoms with E-state index in [1.807, 2.05) is 35.2 Å². The third-order valence-electron chi connectivity index (χ3n) is 5.95. The summed E-state index contributed by atoms with van der Waals surface area (Å²) in [6, 6.07) is 27.0. The number of nitrogens with zero attached hydrogens (tertiary/aromatic N) is 4. The first kappa shape index (κ1) is 21.1. The molecule has 33 heavy (non-hydrogen) atoms. The van der Waals surface area contributed by atoms with Gasteiger partial charge in [0.1, 0.15) is 0 Å². The third-order valence-corrected chi connectivity index (χ3v) is 5.95. The molecule has 1 fully saturated rings. The van der Waals surface area contributed by atoms with Gasteiger partial charge >= 0.3 is 0 Å². The Bertz CT molecular complexity index is 1230. The average molecular weight is 439 g/mol. The lowest BCUT2D eigenvalue weighted by Gasteiger charge is -2.34. The fraction of sp³-hybridized carbons (Fsp3) is 0.222. The fourth-order valence-corrected chi connectivity index (χ4v) is 4.20. The van der Waals surface area contributed by atoms with Crippen LogP contribution < -0.4 is 0 Å². The first-order valence-electron chi connectivity index (χ1n) is 11.2. The summed E-state index contributed by atoms with van der Waals surface area (Å²) in [5, 5.41) is 3.99. The van der Waals surface area contributed by atoms with Crippen molar-refractivity contribution in [1.82, 2.24) is 19.9 Å². The van der Waals surface area contributed by atoms with Crippen molar-refractivity contribution < 1.29 is 9.32 Å². The van der Waals surface area contributed by atoms with Gasteiger partial charge in [0.15, 0.2) is 0 Å². The fourth-order valence-electron chi connectivity index (χ4n) is 4.20. The Morgan fingerprint density at radius 2 is 1.58 bits per heavy atom. The molecule has 0 saturated carbocycles. The van der Waals surface area contributed by atoms with Gasteiger partial charge in [-0.25, -0.2) is 0 Å². The minimum atomic E-state index is 0.156. The highest BCUT2D eigenvalue weighted by molar-refractivity contribution is 5.79. The van der Waals surface area contributed by atoms with Gasteiger partial charge in [0, 0.05) is 38.7 Å². The zero-order chi connectivity index (χ0) is 22.6. The zero-order valence-corrected chi connectivity index (χ0v) is 18.6. The molecule has 0 spiro atoms. The second-order valence-corrected chi connectivity index (χ2v) is 8.43. The molecule has 1 amide bonds. The van der Waals surface area contributed by atoms with Crippen LogP contribution in [0.3, 0.4) is 0 Å². The number of hydrogen-bond donors (Lipinski definition) is 0. The van der Waals surface area contributed by atoms with Crippen LogP contribution in [0.2, 0.25) is 0 Å². The number of benzene rings is 3. The van der Waals surface area contributed by atoms with Crippen molar-refractivity contribution in [2.75, 3.05) is 19.6 Å². The Morgan fingerprint density at radius 1 is 0.818 bits per heavy atom. The minimum Gasteiger partial charge on any atom is -0.339 e. The predicted octanol–water partition coefficient (Wildman–Crippen LogP) is 4.56. The maximum absolute atomic E-state index is 12.8. The maximum Gasteiger partial charge on any atom is 0.237 e. The number of hydrogen-bond acceptors (Lipinski definition) is 5. The van der Waals surface area contributed by atoms with Crippen LogP contribution in [-0.2, 0) is 17.9 Å². The Labute approximate surface area is 193 Å². The van der Waals surface area contributed by atoms with Crippen LogP contribution in [0.5, 0.6) is 0 Å². The topological polar surface area (TPSA) is 62.5 Å². The molecule has 1 aliphatic heterocycles. The lowest BCUT2D eigenvalue weighted by atomic mass is 10.0. The van der Waals surface area contributed by atoms with Crippen LogP contribution in [0.15, 0.2) is 83.4 Å². The van der Waals surface area contributed by atoms with E-state index in [0.29, 0.717) is 31.3 Å². The first-order chi connectivity index (χ1) is 16.1. The lowest BCUT2D eigenvalue weighted by Crippen LogP contribution is -2.49. The van der Waals surface area contributed by atoms with E-state index in [0.717, 1.165) is 24.2 Å². The van der Waals surface area contributed by atoms with Gasteiger partial charge < -0.3 is 9.42 Å². The van der Waals surface area contributed by atoms with Crippen LogP contribution >= 0.6 is 0 Å². The summed E-state index contributed by atoms with van der Waals surface area (Å²) in [6.07, 6.45) is 0. The van der Waals surface area contributed by atoms with Crippen LogP contribution in [0.1, 0.15) is 17.0 Å². The van der Waals surface area contributed by atoms with Crippen molar-refractivity contribution >= 4 is 5.91 Å². The smallest absolute Gasteiger partial charge is 0.237 e. The second kappa shape index (κ2) is 9.38. The molecule has 166 valence electrons. The molecule has 0 bridgehead atoms. The van der Waals surface area contributed by atoms with Crippen molar-refractivity contribution in [2.24, 2.45) is 0 Å². The van der Waals surface area contributed by atoms with E-state index in [1.165, 1.54) is 16.7 Å². The number of amides is 1. The van der Waals surface area contributed by atoms with Crippen LogP contribution in [0, 0.1) is 6.92 Å². The van der Waals surface area contributed by atoms with Crippen LogP contribution in [0.25, 0.3) is 22.5 Å². The monoisotopic (exact) mass is 438 g/mol. The summed E-state index contributed by atoms with van der Waals surface area (Å²) in [4.78, 5) is 21.3. The van der Waals surface area contributed by atoms with Gasteiger partial charge in [-0.05, 0) is 28.3 Å². The predicted molar refractivity (Wildman–Crippen MR) is 127 cm³/mol. The van der Waals surface area contributed by atoms with Crippen LogP contribution in [-0.4, -0.2) is 45.5 Å². The van der Waals surface area contributed by atoms with E-state index in [2.05, 4.69) is 63.6 Å². The normalized spacial score (nSPS) is 14.6. The van der Waals surface area contributed by atoms with Gasteiger partial charge in [0.05, 0.1) is 6.54 Å². The molecular weight excluding hydrogens is 412 g/mol. The SMILES string of the molecule is Cc1nc(-c2cccc(CN3CCN(Cc4ccc(-c5ccccc5)cc4)CC3=O)c2)no1. The molecule has 1 aromatic heterocycles. The van der Waals surface area contributed by atoms with Crippen molar-refractivity contribution in [3.05, 3.63) is 95.9 Å². The molecule has 0 unspecified atom stereocenters. The van der Waals surface area contributed by atoms with Crippen molar-refractivity contribution in [3.63, 3.8) is 0 Å². The summed E-state index contributed by atoms with van der Waals surface area (Å²) in [7, 11) is 0. The molecule has 3 aromatic carbocycles. The summed E-state index contributed by atoms with van der Waals surface area (Å²) >= 11 is 0. The third kappa shape index (κ3) is 5.02. The van der Waals surface area contributed by atoms with Gasteiger partial charge in [-0.15, -0.1) is 0 Å². The second-order valence-electron chi connectivity index (χ2n) is 8.43. The number of piperazine rings is 1. The van der Waals surface area contributed by atoms with E-state index in [4.69, 9.17) is 4.52 Å². The van der Waals surface area contributed by atoms with Crippen molar-refractivity contribution in [1.29, 1.82) is 0 Å². The van der Waals surface area contributed by atoms with Crippen LogP contribution in [0.4, 0.5) is 0 Å². The molecule has 1 saturated heterocycles. The Kier molecular flexibility index (Phi) is 6.00. The van der Waals surface area contributed by atoms with E-state index < -0.39 is 0 Å². The number of aryl methyl sites for hydroxylation is 1. The van der Waals surface area contributed by atoms with Gasteiger partial charge in [0.2, 0.25) is 17.6 Å². The molecular formula is C27H26N4O2. The maximum atomic E-state index is 12.8. The van der Waals surface area contributed by atoms with Gasteiger partial charge in [-0.2, -0.15) is 4.98 Å². The summed E-state index contributed by atoms with van der Waals surface area (Å²) in [5.41, 5.74) is 5.60. The highest BCUT2D eigenvalue weighted by atomic mass is 16.5. The summed E-state index contributed by atoms with van der Waals surface area (Å²) in [5.74, 6) is 1.27. The zero-order valence-electron chi connectivity index (χ0n) is 18.6. The standard InChI is InChI=1S/C27H26N4O2/c1-20-28-27(29-33-20)25-9-5-6-22(16-25)18-31-15-14-30(19-26(31)32)17-21-10-12-24(13-11-21)23-7-3-2-4-8-23/h2-13,16H,14-15,17-19H2,1H3. The first-order valence-corrected chi connectivity index (χ1v) is 11.2. The molecule has 4 aromatic rings. The highest BCUT2D eigenvalue weighted by Gasteiger charge is 2.24. The summed E-state index contributed by atoms with van der Waals surface area (Å²) in [6.45, 7) is 5.15. The molecule has 5 rings (SSSR count). The molecule has 1 aliphatic rings. The Hall–Kier alpha value is -3.77.